The quantitative estimate of drug-likeness (QED) is 0.447. The van der Waals surface area contributed by atoms with Crippen LogP contribution in [0.2, 0.25) is 0 Å². The maximum absolute atomic E-state index is 4.66. The third kappa shape index (κ3) is 52.6. The Morgan fingerprint density at radius 3 is 1.10 bits per heavy atom. The molecule has 0 N–H and O–H groups in total. The summed E-state index contributed by atoms with van der Waals surface area (Å²) in [6.45, 7) is 13.4. The second-order valence-electron chi connectivity index (χ2n) is 0.986. The van der Waals surface area contributed by atoms with Gasteiger partial charge in [0, 0.05) is 14.2 Å². The number of rotatable bonds is 3. The van der Waals surface area contributed by atoms with Crippen molar-refractivity contribution in [3.05, 3.63) is 26.3 Å². The van der Waals surface area contributed by atoms with E-state index in [0.29, 0.717) is 13.2 Å². The fourth-order valence-corrected chi connectivity index (χ4v) is 0.167. The minimum absolute atomic E-state index is 0.691. The lowest BCUT2D eigenvalue weighted by Gasteiger charge is -1.91. The van der Waals surface area contributed by atoms with Crippen LogP contribution in [0.1, 0.15) is 0 Å². The average molecular weight is 146 g/mol. The SMILES string of the molecule is C=C.C=C.COCCOC. The molecule has 0 bridgehead atoms. The minimum atomic E-state index is 0.691. The van der Waals surface area contributed by atoms with Gasteiger partial charge in [-0.15, -0.1) is 26.3 Å². The van der Waals surface area contributed by atoms with Crippen LogP contribution in [0.5, 0.6) is 0 Å². The second-order valence-corrected chi connectivity index (χ2v) is 0.986. The van der Waals surface area contributed by atoms with Gasteiger partial charge in [-0.3, -0.25) is 0 Å². The Hall–Kier alpha value is -0.600. The molecular weight excluding hydrogens is 128 g/mol. The van der Waals surface area contributed by atoms with Gasteiger partial charge in [0.1, 0.15) is 0 Å². The molecule has 0 unspecified atom stereocenters. The van der Waals surface area contributed by atoms with E-state index in [1.807, 2.05) is 0 Å². The molecule has 0 aliphatic rings. The fourth-order valence-electron chi connectivity index (χ4n) is 0.167. The molecule has 0 amide bonds. The summed E-state index contributed by atoms with van der Waals surface area (Å²) < 4.78 is 9.31. The molecule has 0 aromatic heterocycles. The van der Waals surface area contributed by atoms with Crippen molar-refractivity contribution >= 4 is 0 Å². The molecule has 0 atom stereocenters. The van der Waals surface area contributed by atoms with Crippen molar-refractivity contribution in [3.63, 3.8) is 0 Å². The molecule has 0 radical (unpaired) electrons. The standard InChI is InChI=1S/C4H10O2.2C2H4/c1-5-3-4-6-2;2*1-2/h3-4H2,1-2H3;2*1-2H2. The van der Waals surface area contributed by atoms with Gasteiger partial charge >= 0.3 is 0 Å². The highest BCUT2D eigenvalue weighted by molar-refractivity contribution is 4.22. The molecule has 62 valence electrons. The van der Waals surface area contributed by atoms with E-state index in [2.05, 4.69) is 35.8 Å². The van der Waals surface area contributed by atoms with Crippen LogP contribution in [0.25, 0.3) is 0 Å². The number of methoxy groups -OCH3 is 2. The topological polar surface area (TPSA) is 18.5 Å². The first kappa shape index (κ1) is 16.2. The van der Waals surface area contributed by atoms with Crippen molar-refractivity contribution in [1.82, 2.24) is 0 Å². The Morgan fingerprint density at radius 2 is 1.00 bits per heavy atom. The van der Waals surface area contributed by atoms with Gasteiger partial charge in [0.15, 0.2) is 0 Å². The first-order valence-corrected chi connectivity index (χ1v) is 2.89. The smallest absolute Gasteiger partial charge is 0.0696 e. The zero-order valence-electron chi connectivity index (χ0n) is 7.06. The van der Waals surface area contributed by atoms with Gasteiger partial charge in [-0.25, -0.2) is 0 Å². The maximum atomic E-state index is 4.66. The van der Waals surface area contributed by atoms with Crippen LogP contribution < -0.4 is 0 Å². The van der Waals surface area contributed by atoms with E-state index in [9.17, 15) is 0 Å². The van der Waals surface area contributed by atoms with Crippen LogP contribution in [0.3, 0.4) is 0 Å². The third-order valence-corrected chi connectivity index (χ3v) is 0.492. The van der Waals surface area contributed by atoms with E-state index >= 15 is 0 Å². The van der Waals surface area contributed by atoms with Gasteiger partial charge in [0.25, 0.3) is 0 Å². The van der Waals surface area contributed by atoms with Crippen molar-refractivity contribution < 1.29 is 9.47 Å². The summed E-state index contributed by atoms with van der Waals surface area (Å²) in [7, 11) is 3.30. The maximum Gasteiger partial charge on any atom is 0.0696 e. The molecule has 0 aromatic carbocycles. The largest absolute Gasteiger partial charge is 0.382 e. The normalized spacial score (nSPS) is 6.20. The Bertz CT molecular complexity index is 32.2. The molecule has 0 heterocycles. The van der Waals surface area contributed by atoms with Crippen LogP contribution in [0, 0.1) is 0 Å². The number of hydrogen-bond acceptors (Lipinski definition) is 2. The van der Waals surface area contributed by atoms with Crippen LogP contribution >= 0.6 is 0 Å². The molecule has 0 saturated heterocycles. The molecule has 0 aliphatic heterocycles. The van der Waals surface area contributed by atoms with Crippen LogP contribution in [-0.4, -0.2) is 27.4 Å². The molecule has 0 fully saturated rings. The van der Waals surface area contributed by atoms with Gasteiger partial charge in [0.2, 0.25) is 0 Å². The molecule has 2 nitrogen and oxygen atoms in total. The van der Waals surface area contributed by atoms with Gasteiger partial charge < -0.3 is 9.47 Å². The minimum Gasteiger partial charge on any atom is -0.382 e. The summed E-state index contributed by atoms with van der Waals surface area (Å²) in [5.74, 6) is 0. The van der Waals surface area contributed by atoms with E-state index < -0.39 is 0 Å². The van der Waals surface area contributed by atoms with Crippen molar-refractivity contribution in [2.24, 2.45) is 0 Å². The zero-order valence-corrected chi connectivity index (χ0v) is 7.06. The van der Waals surface area contributed by atoms with Crippen LogP contribution in [-0.2, 0) is 9.47 Å². The zero-order chi connectivity index (χ0) is 8.83. The Labute approximate surface area is 64.2 Å². The highest BCUT2D eigenvalue weighted by atomic mass is 16.5. The summed E-state index contributed by atoms with van der Waals surface area (Å²) in [6, 6.07) is 0. The van der Waals surface area contributed by atoms with Crippen LogP contribution in [0.15, 0.2) is 26.3 Å². The molecule has 0 rings (SSSR count). The molecule has 0 aliphatic carbocycles. The first-order chi connectivity index (χ1) is 4.91. The van der Waals surface area contributed by atoms with Gasteiger partial charge in [-0.05, 0) is 0 Å². The predicted molar refractivity (Wildman–Crippen MR) is 46.3 cm³/mol. The summed E-state index contributed by atoms with van der Waals surface area (Å²) >= 11 is 0. The Balaban J connectivity index is -0.000000105. The lowest BCUT2D eigenvalue weighted by atomic mass is 10.8. The van der Waals surface area contributed by atoms with Crippen molar-refractivity contribution in [2.75, 3.05) is 27.4 Å². The molecular formula is C8H18O2. The fraction of sp³-hybridized carbons (Fsp3) is 0.500. The highest BCUT2D eigenvalue weighted by Crippen LogP contribution is 1.65. The van der Waals surface area contributed by atoms with Crippen molar-refractivity contribution in [3.8, 4) is 0 Å². The monoisotopic (exact) mass is 146 g/mol. The molecule has 0 saturated carbocycles. The molecule has 2 heteroatoms. The summed E-state index contributed by atoms with van der Waals surface area (Å²) in [5.41, 5.74) is 0. The van der Waals surface area contributed by atoms with E-state index in [1.165, 1.54) is 0 Å². The van der Waals surface area contributed by atoms with Gasteiger partial charge in [-0.2, -0.15) is 0 Å². The Morgan fingerprint density at radius 1 is 0.800 bits per heavy atom. The molecule has 0 aromatic rings. The lowest BCUT2D eigenvalue weighted by molar-refractivity contribution is 0.103. The second kappa shape index (κ2) is 39.8. The van der Waals surface area contributed by atoms with Gasteiger partial charge in [0.05, 0.1) is 13.2 Å². The Kier molecular flexibility index (Phi) is 64.4. The first-order valence-electron chi connectivity index (χ1n) is 2.89. The summed E-state index contributed by atoms with van der Waals surface area (Å²) in [4.78, 5) is 0. The highest BCUT2D eigenvalue weighted by Gasteiger charge is 1.73. The molecule has 0 spiro atoms. The van der Waals surface area contributed by atoms with Crippen LogP contribution in [0.4, 0.5) is 0 Å². The van der Waals surface area contributed by atoms with E-state index in [-0.39, 0.29) is 0 Å². The summed E-state index contributed by atoms with van der Waals surface area (Å²) in [5, 5.41) is 0. The lowest BCUT2D eigenvalue weighted by Crippen LogP contribution is -1.96. The van der Waals surface area contributed by atoms with E-state index in [4.69, 9.17) is 0 Å². The number of ether oxygens (including phenoxy) is 2. The average Bonchev–Trinajstić information content (AvgIpc) is 2.08. The molecule has 10 heavy (non-hydrogen) atoms. The van der Waals surface area contributed by atoms with E-state index in [1.54, 1.807) is 14.2 Å². The van der Waals surface area contributed by atoms with Crippen molar-refractivity contribution in [2.45, 2.75) is 0 Å². The van der Waals surface area contributed by atoms with Crippen molar-refractivity contribution in [1.29, 1.82) is 0 Å². The van der Waals surface area contributed by atoms with E-state index in [0.717, 1.165) is 0 Å². The van der Waals surface area contributed by atoms with Gasteiger partial charge in [-0.1, -0.05) is 0 Å². The third-order valence-electron chi connectivity index (χ3n) is 0.492. The predicted octanol–water partition coefficient (Wildman–Crippen LogP) is 1.88. The number of hydrogen-bond donors (Lipinski definition) is 0. The summed E-state index contributed by atoms with van der Waals surface area (Å²) in [6.07, 6.45) is 0.